The van der Waals surface area contributed by atoms with E-state index < -0.39 is 0 Å². The van der Waals surface area contributed by atoms with Crippen molar-refractivity contribution in [2.45, 2.75) is 19.9 Å². The van der Waals surface area contributed by atoms with E-state index in [0.717, 1.165) is 16.7 Å². The van der Waals surface area contributed by atoms with Gasteiger partial charge in [0.2, 0.25) is 11.8 Å². The van der Waals surface area contributed by atoms with Crippen LogP contribution in [-0.2, 0) is 22.6 Å². The summed E-state index contributed by atoms with van der Waals surface area (Å²) in [4.78, 5) is 23.9. The standard InChI is InChI=1S/C20H24N2O4/c1-14-5-4-6-16(9-14)12-21-20(24)13-22-19(23)11-15-7-8-17(25-2)18(10-15)26-3/h4-10H,11-13H2,1-3H3,(H,21,24)(H,22,23). The Labute approximate surface area is 153 Å². The molecule has 0 aliphatic rings. The number of benzene rings is 2. The van der Waals surface area contributed by atoms with Crippen LogP contribution in [0.3, 0.4) is 0 Å². The molecular weight excluding hydrogens is 332 g/mol. The normalized spacial score (nSPS) is 10.1. The van der Waals surface area contributed by atoms with Gasteiger partial charge in [0.1, 0.15) is 0 Å². The van der Waals surface area contributed by atoms with Crippen molar-refractivity contribution >= 4 is 11.8 Å². The van der Waals surface area contributed by atoms with Gasteiger partial charge in [-0.25, -0.2) is 0 Å². The van der Waals surface area contributed by atoms with Crippen LogP contribution in [0.25, 0.3) is 0 Å². The Morgan fingerprint density at radius 2 is 1.65 bits per heavy atom. The van der Waals surface area contributed by atoms with Crippen LogP contribution in [0.2, 0.25) is 0 Å². The number of hydrogen-bond donors (Lipinski definition) is 2. The lowest BCUT2D eigenvalue weighted by Crippen LogP contribution is -2.37. The molecule has 2 aromatic rings. The van der Waals surface area contributed by atoms with Crippen molar-refractivity contribution in [3.05, 3.63) is 59.2 Å². The zero-order valence-corrected chi connectivity index (χ0v) is 15.3. The average Bonchev–Trinajstić information content (AvgIpc) is 2.64. The second-order valence-electron chi connectivity index (χ2n) is 5.91. The quantitative estimate of drug-likeness (QED) is 0.758. The molecule has 0 aromatic heterocycles. The molecule has 0 heterocycles. The summed E-state index contributed by atoms with van der Waals surface area (Å²) in [5.74, 6) is 0.705. The number of hydrogen-bond acceptors (Lipinski definition) is 4. The molecule has 2 amide bonds. The molecule has 2 aromatic carbocycles. The third-order valence-electron chi connectivity index (χ3n) is 3.83. The summed E-state index contributed by atoms with van der Waals surface area (Å²) < 4.78 is 10.4. The topological polar surface area (TPSA) is 76.7 Å². The van der Waals surface area contributed by atoms with Crippen molar-refractivity contribution in [3.63, 3.8) is 0 Å². The van der Waals surface area contributed by atoms with Gasteiger partial charge in [-0.2, -0.15) is 0 Å². The molecule has 0 saturated carbocycles. The highest BCUT2D eigenvalue weighted by Gasteiger charge is 2.09. The zero-order valence-electron chi connectivity index (χ0n) is 15.3. The third-order valence-corrected chi connectivity index (χ3v) is 3.83. The lowest BCUT2D eigenvalue weighted by molar-refractivity contribution is -0.125. The van der Waals surface area contributed by atoms with Crippen LogP contribution in [0.4, 0.5) is 0 Å². The minimum atomic E-state index is -0.233. The number of carbonyl (C=O) groups is 2. The van der Waals surface area contributed by atoms with Gasteiger partial charge in [-0.1, -0.05) is 35.9 Å². The van der Waals surface area contributed by atoms with E-state index in [1.54, 1.807) is 32.4 Å². The Morgan fingerprint density at radius 3 is 2.35 bits per heavy atom. The molecule has 0 bridgehead atoms. The predicted octanol–water partition coefficient (Wildman–Crippen LogP) is 1.99. The number of nitrogens with one attached hydrogen (secondary N) is 2. The highest BCUT2D eigenvalue weighted by molar-refractivity contribution is 5.85. The number of methoxy groups -OCH3 is 2. The minimum Gasteiger partial charge on any atom is -0.493 e. The first kappa shape index (κ1) is 19.3. The van der Waals surface area contributed by atoms with E-state index in [-0.39, 0.29) is 24.8 Å². The van der Waals surface area contributed by atoms with Gasteiger partial charge in [0.15, 0.2) is 11.5 Å². The van der Waals surface area contributed by atoms with E-state index in [1.807, 2.05) is 31.2 Å². The Hall–Kier alpha value is -3.02. The average molecular weight is 356 g/mol. The monoisotopic (exact) mass is 356 g/mol. The van der Waals surface area contributed by atoms with Crippen molar-refractivity contribution in [2.75, 3.05) is 20.8 Å². The fourth-order valence-electron chi connectivity index (χ4n) is 2.50. The maximum Gasteiger partial charge on any atom is 0.239 e. The van der Waals surface area contributed by atoms with Gasteiger partial charge in [-0.05, 0) is 30.2 Å². The van der Waals surface area contributed by atoms with Gasteiger partial charge < -0.3 is 20.1 Å². The van der Waals surface area contributed by atoms with Crippen molar-refractivity contribution in [1.82, 2.24) is 10.6 Å². The van der Waals surface area contributed by atoms with Crippen LogP contribution in [0.5, 0.6) is 11.5 Å². The van der Waals surface area contributed by atoms with Crippen LogP contribution in [0.1, 0.15) is 16.7 Å². The second-order valence-corrected chi connectivity index (χ2v) is 5.91. The number of rotatable bonds is 8. The number of carbonyl (C=O) groups excluding carboxylic acids is 2. The van der Waals surface area contributed by atoms with Gasteiger partial charge >= 0.3 is 0 Å². The smallest absolute Gasteiger partial charge is 0.239 e. The van der Waals surface area contributed by atoms with Crippen LogP contribution in [-0.4, -0.2) is 32.6 Å². The summed E-state index contributed by atoms with van der Waals surface area (Å²) in [6, 6.07) is 13.2. The maximum absolute atomic E-state index is 12.0. The molecule has 0 fully saturated rings. The fourth-order valence-corrected chi connectivity index (χ4v) is 2.50. The van der Waals surface area contributed by atoms with E-state index >= 15 is 0 Å². The summed E-state index contributed by atoms with van der Waals surface area (Å²) >= 11 is 0. The number of aryl methyl sites for hydroxylation is 1. The van der Waals surface area contributed by atoms with Crippen LogP contribution in [0, 0.1) is 6.92 Å². The van der Waals surface area contributed by atoms with E-state index in [0.29, 0.717) is 18.0 Å². The molecule has 138 valence electrons. The Morgan fingerprint density at radius 1 is 0.885 bits per heavy atom. The van der Waals surface area contributed by atoms with E-state index in [9.17, 15) is 9.59 Å². The van der Waals surface area contributed by atoms with Gasteiger partial charge in [0, 0.05) is 6.54 Å². The maximum atomic E-state index is 12.0. The highest BCUT2D eigenvalue weighted by atomic mass is 16.5. The predicted molar refractivity (Wildman–Crippen MR) is 99.3 cm³/mol. The zero-order chi connectivity index (χ0) is 18.9. The summed E-state index contributed by atoms with van der Waals surface area (Å²) in [6.07, 6.45) is 0.158. The fraction of sp³-hybridized carbons (Fsp3) is 0.300. The summed E-state index contributed by atoms with van der Waals surface area (Å²) in [5, 5.41) is 5.41. The molecule has 0 unspecified atom stereocenters. The van der Waals surface area contributed by atoms with Crippen molar-refractivity contribution in [3.8, 4) is 11.5 Å². The van der Waals surface area contributed by atoms with Crippen molar-refractivity contribution in [2.24, 2.45) is 0 Å². The molecule has 0 aliphatic carbocycles. The second kappa shape index (κ2) is 9.46. The van der Waals surface area contributed by atoms with E-state index in [4.69, 9.17) is 9.47 Å². The number of ether oxygens (including phenoxy) is 2. The van der Waals surface area contributed by atoms with Crippen LogP contribution >= 0.6 is 0 Å². The molecule has 0 spiro atoms. The molecule has 6 nitrogen and oxygen atoms in total. The highest BCUT2D eigenvalue weighted by Crippen LogP contribution is 2.27. The minimum absolute atomic E-state index is 0.0576. The molecule has 0 radical (unpaired) electrons. The molecule has 6 heteroatoms. The summed E-state index contributed by atoms with van der Waals surface area (Å²) in [5.41, 5.74) is 2.94. The molecule has 0 aliphatic heterocycles. The summed E-state index contributed by atoms with van der Waals surface area (Å²) in [7, 11) is 3.10. The van der Waals surface area contributed by atoms with Crippen LogP contribution in [0.15, 0.2) is 42.5 Å². The Kier molecular flexibility index (Phi) is 7.02. The SMILES string of the molecule is COc1ccc(CC(=O)NCC(=O)NCc2cccc(C)c2)cc1OC. The Balaban J connectivity index is 1.78. The lowest BCUT2D eigenvalue weighted by atomic mass is 10.1. The first-order chi connectivity index (χ1) is 12.5. The Bertz CT molecular complexity index is 774. The van der Waals surface area contributed by atoms with E-state index in [2.05, 4.69) is 10.6 Å². The van der Waals surface area contributed by atoms with Gasteiger partial charge in [0.05, 0.1) is 27.2 Å². The van der Waals surface area contributed by atoms with Gasteiger partial charge in [-0.15, -0.1) is 0 Å². The molecule has 2 N–H and O–H groups in total. The van der Waals surface area contributed by atoms with Crippen molar-refractivity contribution in [1.29, 1.82) is 0 Å². The van der Waals surface area contributed by atoms with Gasteiger partial charge in [-0.3, -0.25) is 9.59 Å². The lowest BCUT2D eigenvalue weighted by Gasteiger charge is -2.10. The third kappa shape index (κ3) is 5.81. The molecule has 2 rings (SSSR count). The largest absolute Gasteiger partial charge is 0.493 e. The summed E-state index contributed by atoms with van der Waals surface area (Å²) in [6.45, 7) is 2.38. The van der Waals surface area contributed by atoms with Gasteiger partial charge in [0.25, 0.3) is 0 Å². The molecular formula is C20H24N2O4. The first-order valence-corrected chi connectivity index (χ1v) is 8.31. The van der Waals surface area contributed by atoms with E-state index in [1.165, 1.54) is 0 Å². The van der Waals surface area contributed by atoms with Crippen LogP contribution < -0.4 is 20.1 Å². The molecule has 0 saturated heterocycles. The molecule has 0 atom stereocenters. The van der Waals surface area contributed by atoms with Crippen molar-refractivity contribution < 1.29 is 19.1 Å². The molecule has 26 heavy (non-hydrogen) atoms. The number of amides is 2. The first-order valence-electron chi connectivity index (χ1n) is 8.31.